The van der Waals surface area contributed by atoms with Gasteiger partial charge in [-0.3, -0.25) is 0 Å². The van der Waals surface area contributed by atoms with Crippen LogP contribution in [0.1, 0.15) is 35.8 Å². The summed E-state index contributed by atoms with van der Waals surface area (Å²) in [7, 11) is 3.78. The molecule has 1 aliphatic carbocycles. The van der Waals surface area contributed by atoms with Gasteiger partial charge in [0.15, 0.2) is 0 Å². The van der Waals surface area contributed by atoms with Crippen LogP contribution in [0.5, 0.6) is 5.75 Å². The van der Waals surface area contributed by atoms with Crippen LogP contribution in [0.4, 0.5) is 0 Å². The van der Waals surface area contributed by atoms with Crippen LogP contribution in [0, 0.1) is 0 Å². The first-order valence-corrected chi connectivity index (χ1v) is 7.64. The Kier molecular flexibility index (Phi) is 4.25. The molecule has 1 aromatic carbocycles. The summed E-state index contributed by atoms with van der Waals surface area (Å²) < 4.78 is 7.41. The van der Waals surface area contributed by atoms with Crippen molar-refractivity contribution in [2.75, 3.05) is 13.7 Å². The van der Waals surface area contributed by atoms with Crippen molar-refractivity contribution in [3.63, 3.8) is 0 Å². The molecule has 0 amide bonds. The molecule has 0 bridgehead atoms. The molecule has 0 saturated heterocycles. The number of benzene rings is 1. The van der Waals surface area contributed by atoms with E-state index in [2.05, 4.69) is 33.1 Å². The summed E-state index contributed by atoms with van der Waals surface area (Å²) in [4.78, 5) is 4.37. The number of rotatable bonds is 5. The lowest BCUT2D eigenvalue weighted by Crippen LogP contribution is -2.27. The fourth-order valence-electron chi connectivity index (χ4n) is 3.13. The smallest absolute Gasteiger partial charge is 0.119 e. The number of nitrogens with one attached hydrogen (secondary N) is 1. The average Bonchev–Trinajstić information content (AvgIpc) is 2.92. The van der Waals surface area contributed by atoms with Crippen molar-refractivity contribution < 1.29 is 4.74 Å². The van der Waals surface area contributed by atoms with E-state index in [4.69, 9.17) is 4.74 Å². The Labute approximate surface area is 126 Å². The third-order valence-corrected chi connectivity index (χ3v) is 4.32. The van der Waals surface area contributed by atoms with Gasteiger partial charge in [0.05, 0.1) is 7.11 Å². The maximum Gasteiger partial charge on any atom is 0.119 e. The number of imidazole rings is 1. The van der Waals surface area contributed by atoms with E-state index in [-0.39, 0.29) is 0 Å². The summed E-state index contributed by atoms with van der Waals surface area (Å²) in [6.45, 7) is 0.959. The molecule has 0 spiro atoms. The van der Waals surface area contributed by atoms with Gasteiger partial charge < -0.3 is 14.6 Å². The first-order chi connectivity index (χ1) is 10.3. The zero-order chi connectivity index (χ0) is 14.7. The number of hydrogen-bond acceptors (Lipinski definition) is 3. The van der Waals surface area contributed by atoms with E-state index in [1.165, 1.54) is 24.0 Å². The number of nitrogens with zero attached hydrogens (tertiary/aromatic N) is 2. The highest BCUT2D eigenvalue weighted by molar-refractivity contribution is 5.39. The van der Waals surface area contributed by atoms with Crippen LogP contribution in [-0.2, 0) is 19.9 Å². The largest absolute Gasteiger partial charge is 0.497 e. The fourth-order valence-corrected chi connectivity index (χ4v) is 3.13. The van der Waals surface area contributed by atoms with Crippen molar-refractivity contribution in [1.29, 1.82) is 0 Å². The highest BCUT2D eigenvalue weighted by Crippen LogP contribution is 2.32. The van der Waals surface area contributed by atoms with Gasteiger partial charge in [0, 0.05) is 38.4 Å². The number of methoxy groups -OCH3 is 1. The quantitative estimate of drug-likeness (QED) is 0.918. The molecule has 3 rings (SSSR count). The summed E-state index contributed by atoms with van der Waals surface area (Å²) in [5.74, 6) is 2.09. The third kappa shape index (κ3) is 3.10. The Balaban J connectivity index is 1.64. The SMILES string of the molecule is COc1ccc2c(c1)CCCC2NCCc1nccn1C. The van der Waals surface area contributed by atoms with E-state index < -0.39 is 0 Å². The van der Waals surface area contributed by atoms with Gasteiger partial charge in [-0.25, -0.2) is 4.98 Å². The van der Waals surface area contributed by atoms with E-state index in [9.17, 15) is 0 Å². The third-order valence-electron chi connectivity index (χ3n) is 4.32. The molecule has 1 aliphatic rings. The molecule has 1 unspecified atom stereocenters. The van der Waals surface area contributed by atoms with Gasteiger partial charge in [0.1, 0.15) is 11.6 Å². The van der Waals surface area contributed by atoms with Crippen molar-refractivity contribution in [3.8, 4) is 5.75 Å². The molecule has 2 aromatic rings. The Morgan fingerprint density at radius 2 is 2.33 bits per heavy atom. The van der Waals surface area contributed by atoms with Crippen molar-refractivity contribution in [2.45, 2.75) is 31.7 Å². The highest BCUT2D eigenvalue weighted by Gasteiger charge is 2.20. The number of hydrogen-bond donors (Lipinski definition) is 1. The molecule has 0 radical (unpaired) electrons. The predicted octanol–water partition coefficient (Wildman–Crippen LogP) is 2.64. The maximum absolute atomic E-state index is 5.33. The molecule has 0 saturated carbocycles. The monoisotopic (exact) mass is 285 g/mol. The van der Waals surface area contributed by atoms with Gasteiger partial charge in [-0.2, -0.15) is 0 Å². The molecule has 1 heterocycles. The molecular weight excluding hydrogens is 262 g/mol. The fraction of sp³-hybridized carbons (Fsp3) is 0.471. The zero-order valence-corrected chi connectivity index (χ0v) is 12.8. The second-order valence-electron chi connectivity index (χ2n) is 5.67. The van der Waals surface area contributed by atoms with Gasteiger partial charge >= 0.3 is 0 Å². The summed E-state index contributed by atoms with van der Waals surface area (Å²) in [6.07, 6.45) is 8.42. The normalized spacial score (nSPS) is 17.5. The Morgan fingerprint density at radius 1 is 1.43 bits per heavy atom. The van der Waals surface area contributed by atoms with Crippen LogP contribution >= 0.6 is 0 Å². The second kappa shape index (κ2) is 6.31. The summed E-state index contributed by atoms with van der Waals surface area (Å²) in [5.41, 5.74) is 2.86. The summed E-state index contributed by atoms with van der Waals surface area (Å²) in [5, 5.41) is 3.69. The van der Waals surface area contributed by atoms with Gasteiger partial charge in [0.2, 0.25) is 0 Å². The van der Waals surface area contributed by atoms with Gasteiger partial charge in [0.25, 0.3) is 0 Å². The number of ether oxygens (including phenoxy) is 1. The molecular formula is C17H23N3O. The van der Waals surface area contributed by atoms with Crippen LogP contribution in [0.3, 0.4) is 0 Å². The van der Waals surface area contributed by atoms with Gasteiger partial charge in [-0.15, -0.1) is 0 Å². The van der Waals surface area contributed by atoms with Crippen molar-refractivity contribution >= 4 is 0 Å². The molecule has 1 atom stereocenters. The molecule has 1 aromatic heterocycles. The summed E-state index contributed by atoms with van der Waals surface area (Å²) >= 11 is 0. The Bertz CT molecular complexity index is 606. The number of fused-ring (bicyclic) bond motifs is 1. The van der Waals surface area contributed by atoms with Crippen LogP contribution in [0.15, 0.2) is 30.6 Å². The lowest BCUT2D eigenvalue weighted by atomic mass is 9.87. The van der Waals surface area contributed by atoms with E-state index in [1.54, 1.807) is 7.11 Å². The second-order valence-corrected chi connectivity index (χ2v) is 5.67. The molecule has 112 valence electrons. The average molecular weight is 285 g/mol. The topological polar surface area (TPSA) is 39.1 Å². The molecule has 4 heteroatoms. The number of aromatic nitrogens is 2. The Hall–Kier alpha value is -1.81. The van der Waals surface area contributed by atoms with E-state index >= 15 is 0 Å². The van der Waals surface area contributed by atoms with E-state index in [0.717, 1.165) is 31.0 Å². The maximum atomic E-state index is 5.33. The lowest BCUT2D eigenvalue weighted by Gasteiger charge is -2.27. The lowest BCUT2D eigenvalue weighted by molar-refractivity contribution is 0.410. The molecule has 0 fully saturated rings. The van der Waals surface area contributed by atoms with Crippen molar-refractivity contribution in [1.82, 2.24) is 14.9 Å². The summed E-state index contributed by atoms with van der Waals surface area (Å²) in [6, 6.07) is 6.92. The Morgan fingerprint density at radius 3 is 3.10 bits per heavy atom. The van der Waals surface area contributed by atoms with Crippen LogP contribution < -0.4 is 10.1 Å². The minimum Gasteiger partial charge on any atom is -0.497 e. The minimum absolute atomic E-state index is 0.458. The van der Waals surface area contributed by atoms with Gasteiger partial charge in [-0.1, -0.05) is 6.07 Å². The first kappa shape index (κ1) is 14.1. The zero-order valence-electron chi connectivity index (χ0n) is 12.8. The first-order valence-electron chi connectivity index (χ1n) is 7.64. The van der Waals surface area contributed by atoms with Crippen molar-refractivity contribution in [2.24, 2.45) is 7.05 Å². The van der Waals surface area contributed by atoms with E-state index in [1.807, 2.05) is 19.4 Å². The predicted molar refractivity (Wildman–Crippen MR) is 83.6 cm³/mol. The minimum atomic E-state index is 0.458. The number of aryl methyl sites for hydroxylation is 2. The van der Waals surface area contributed by atoms with Crippen LogP contribution in [-0.4, -0.2) is 23.2 Å². The van der Waals surface area contributed by atoms with Crippen LogP contribution in [0.2, 0.25) is 0 Å². The molecule has 1 N–H and O–H groups in total. The molecule has 0 aliphatic heterocycles. The molecule has 4 nitrogen and oxygen atoms in total. The van der Waals surface area contributed by atoms with Gasteiger partial charge in [-0.05, 0) is 42.5 Å². The molecule has 21 heavy (non-hydrogen) atoms. The van der Waals surface area contributed by atoms with E-state index in [0.29, 0.717) is 6.04 Å². The van der Waals surface area contributed by atoms with Crippen LogP contribution in [0.25, 0.3) is 0 Å². The standard InChI is InChI=1S/C17H23N3O/c1-20-11-10-19-17(20)8-9-18-16-5-3-4-13-12-14(21-2)6-7-15(13)16/h6-7,10-12,16,18H,3-5,8-9H2,1-2H3. The highest BCUT2D eigenvalue weighted by atomic mass is 16.5. The van der Waals surface area contributed by atoms with Crippen molar-refractivity contribution in [3.05, 3.63) is 47.5 Å².